The van der Waals surface area contributed by atoms with Crippen molar-refractivity contribution in [3.63, 3.8) is 0 Å². The third kappa shape index (κ3) is 4.18. The minimum absolute atomic E-state index is 0.152. The highest BCUT2D eigenvalue weighted by Crippen LogP contribution is 2.25. The number of rotatable bonds is 4. The fourth-order valence-corrected chi connectivity index (χ4v) is 2.72. The molecule has 3 heteroatoms. The number of ether oxygens (including phenoxy) is 1. The second-order valence-corrected chi connectivity index (χ2v) is 5.62. The molecule has 1 aliphatic carbocycles. The molecule has 1 fully saturated rings. The molecule has 0 bridgehead atoms. The standard InChI is InChI=1S/C15H22ClNO/c16-13-7-9-14(10-8-13)18-11-15(17)12-5-3-1-2-4-6-12/h7-10,12,15H,1-6,11,17H2. The van der Waals surface area contributed by atoms with Crippen LogP contribution in [0.15, 0.2) is 24.3 Å². The summed E-state index contributed by atoms with van der Waals surface area (Å²) in [6, 6.07) is 7.62. The van der Waals surface area contributed by atoms with Gasteiger partial charge in [0.1, 0.15) is 12.4 Å². The molecule has 100 valence electrons. The number of benzene rings is 1. The van der Waals surface area contributed by atoms with E-state index in [4.69, 9.17) is 22.1 Å². The van der Waals surface area contributed by atoms with Crippen LogP contribution in [0.5, 0.6) is 5.75 Å². The van der Waals surface area contributed by atoms with Crippen molar-refractivity contribution in [1.29, 1.82) is 0 Å². The number of hydrogen-bond donors (Lipinski definition) is 1. The Morgan fingerprint density at radius 1 is 1.11 bits per heavy atom. The SMILES string of the molecule is NC(COc1ccc(Cl)cc1)C1CCCCCC1. The first-order valence-electron chi connectivity index (χ1n) is 6.89. The summed E-state index contributed by atoms with van der Waals surface area (Å²) in [5, 5.41) is 0.732. The molecular weight excluding hydrogens is 246 g/mol. The number of hydrogen-bond acceptors (Lipinski definition) is 2. The van der Waals surface area contributed by atoms with Gasteiger partial charge in [-0.1, -0.05) is 37.3 Å². The highest BCUT2D eigenvalue weighted by Gasteiger charge is 2.19. The minimum Gasteiger partial charge on any atom is -0.492 e. The Hall–Kier alpha value is -0.730. The first-order valence-corrected chi connectivity index (χ1v) is 7.27. The van der Waals surface area contributed by atoms with Crippen molar-refractivity contribution in [2.45, 2.75) is 44.6 Å². The molecule has 18 heavy (non-hydrogen) atoms. The van der Waals surface area contributed by atoms with E-state index in [1.807, 2.05) is 24.3 Å². The van der Waals surface area contributed by atoms with Crippen LogP contribution >= 0.6 is 11.6 Å². The van der Waals surface area contributed by atoms with Crippen LogP contribution in [0.4, 0.5) is 0 Å². The monoisotopic (exact) mass is 267 g/mol. The van der Waals surface area contributed by atoms with Crippen LogP contribution in [0.1, 0.15) is 38.5 Å². The van der Waals surface area contributed by atoms with Crippen LogP contribution in [-0.2, 0) is 0 Å². The van der Waals surface area contributed by atoms with Crippen molar-refractivity contribution in [3.8, 4) is 5.75 Å². The van der Waals surface area contributed by atoms with Gasteiger partial charge >= 0.3 is 0 Å². The molecule has 1 aliphatic rings. The zero-order valence-corrected chi connectivity index (χ0v) is 11.5. The summed E-state index contributed by atoms with van der Waals surface area (Å²) in [4.78, 5) is 0. The quantitative estimate of drug-likeness (QED) is 0.837. The average Bonchev–Trinajstić information content (AvgIpc) is 2.66. The molecule has 2 rings (SSSR count). The first kappa shape index (κ1) is 13.7. The molecule has 0 heterocycles. The van der Waals surface area contributed by atoms with Gasteiger partial charge in [-0.05, 0) is 43.0 Å². The summed E-state index contributed by atoms with van der Waals surface area (Å²) in [5.74, 6) is 1.48. The highest BCUT2D eigenvalue weighted by molar-refractivity contribution is 6.30. The average molecular weight is 268 g/mol. The van der Waals surface area contributed by atoms with Crippen LogP contribution < -0.4 is 10.5 Å². The van der Waals surface area contributed by atoms with Gasteiger partial charge in [0.05, 0.1) is 0 Å². The molecule has 0 spiro atoms. The van der Waals surface area contributed by atoms with Crippen molar-refractivity contribution in [3.05, 3.63) is 29.3 Å². The Kier molecular flexibility index (Phi) is 5.33. The van der Waals surface area contributed by atoms with Crippen molar-refractivity contribution in [1.82, 2.24) is 0 Å². The number of nitrogens with two attached hydrogens (primary N) is 1. The highest BCUT2D eigenvalue weighted by atomic mass is 35.5. The summed E-state index contributed by atoms with van der Waals surface area (Å²) >= 11 is 5.83. The molecule has 1 aromatic rings. The van der Waals surface area contributed by atoms with Crippen LogP contribution in [0.25, 0.3) is 0 Å². The van der Waals surface area contributed by atoms with Gasteiger partial charge in [0, 0.05) is 11.1 Å². The van der Waals surface area contributed by atoms with Gasteiger partial charge in [-0.3, -0.25) is 0 Å². The van der Waals surface area contributed by atoms with Gasteiger partial charge in [0.2, 0.25) is 0 Å². The lowest BCUT2D eigenvalue weighted by Gasteiger charge is -2.22. The Morgan fingerprint density at radius 2 is 1.72 bits per heavy atom. The van der Waals surface area contributed by atoms with E-state index in [9.17, 15) is 0 Å². The second kappa shape index (κ2) is 7.01. The maximum absolute atomic E-state index is 6.24. The summed E-state index contributed by atoms with van der Waals surface area (Å²) in [5.41, 5.74) is 6.24. The molecular formula is C15H22ClNO. The van der Waals surface area contributed by atoms with E-state index in [0.717, 1.165) is 10.8 Å². The van der Waals surface area contributed by atoms with Crippen LogP contribution in [-0.4, -0.2) is 12.6 Å². The molecule has 2 N–H and O–H groups in total. The van der Waals surface area contributed by atoms with Gasteiger partial charge in [0.25, 0.3) is 0 Å². The van der Waals surface area contributed by atoms with E-state index in [2.05, 4.69) is 0 Å². The molecule has 0 radical (unpaired) electrons. The summed E-state index contributed by atoms with van der Waals surface area (Å²) in [7, 11) is 0. The summed E-state index contributed by atoms with van der Waals surface area (Å²) in [6.07, 6.45) is 7.87. The zero-order chi connectivity index (χ0) is 12.8. The topological polar surface area (TPSA) is 35.2 Å². The largest absolute Gasteiger partial charge is 0.492 e. The second-order valence-electron chi connectivity index (χ2n) is 5.18. The summed E-state index contributed by atoms with van der Waals surface area (Å²) < 4.78 is 5.73. The van der Waals surface area contributed by atoms with Gasteiger partial charge in [0.15, 0.2) is 0 Å². The zero-order valence-electron chi connectivity index (χ0n) is 10.8. The first-order chi connectivity index (χ1) is 8.75. The lowest BCUT2D eigenvalue weighted by molar-refractivity contribution is 0.234. The lowest BCUT2D eigenvalue weighted by atomic mass is 9.93. The Bertz CT molecular complexity index is 344. The third-order valence-electron chi connectivity index (χ3n) is 3.76. The third-order valence-corrected chi connectivity index (χ3v) is 4.01. The maximum Gasteiger partial charge on any atom is 0.119 e. The molecule has 1 atom stereocenters. The summed E-state index contributed by atoms with van der Waals surface area (Å²) in [6.45, 7) is 0.603. The van der Waals surface area contributed by atoms with Crippen molar-refractivity contribution in [2.75, 3.05) is 6.61 Å². The number of halogens is 1. The van der Waals surface area contributed by atoms with Gasteiger partial charge in [-0.15, -0.1) is 0 Å². The molecule has 0 amide bonds. The maximum atomic E-state index is 6.24. The normalized spacial score (nSPS) is 19.2. The smallest absolute Gasteiger partial charge is 0.119 e. The fraction of sp³-hybridized carbons (Fsp3) is 0.600. The molecule has 1 saturated carbocycles. The Labute approximate surface area is 114 Å². The van der Waals surface area contributed by atoms with E-state index in [-0.39, 0.29) is 6.04 Å². The van der Waals surface area contributed by atoms with E-state index < -0.39 is 0 Å². The lowest BCUT2D eigenvalue weighted by Crippen LogP contribution is -2.35. The van der Waals surface area contributed by atoms with E-state index in [1.54, 1.807) is 0 Å². The van der Waals surface area contributed by atoms with Gasteiger partial charge < -0.3 is 10.5 Å². The van der Waals surface area contributed by atoms with E-state index in [1.165, 1.54) is 38.5 Å². The minimum atomic E-state index is 0.152. The Balaban J connectivity index is 1.79. The molecule has 1 aromatic carbocycles. The van der Waals surface area contributed by atoms with Crippen molar-refractivity contribution < 1.29 is 4.74 Å². The van der Waals surface area contributed by atoms with E-state index >= 15 is 0 Å². The Morgan fingerprint density at radius 3 is 2.33 bits per heavy atom. The molecule has 0 saturated heterocycles. The predicted octanol–water partition coefficient (Wildman–Crippen LogP) is 4.02. The predicted molar refractivity (Wildman–Crippen MR) is 76.1 cm³/mol. The fourth-order valence-electron chi connectivity index (χ4n) is 2.60. The van der Waals surface area contributed by atoms with E-state index in [0.29, 0.717) is 12.5 Å². The van der Waals surface area contributed by atoms with Crippen LogP contribution in [0, 0.1) is 5.92 Å². The van der Waals surface area contributed by atoms with Crippen LogP contribution in [0.3, 0.4) is 0 Å². The van der Waals surface area contributed by atoms with Gasteiger partial charge in [-0.2, -0.15) is 0 Å². The molecule has 0 aliphatic heterocycles. The van der Waals surface area contributed by atoms with Crippen molar-refractivity contribution >= 4 is 11.6 Å². The van der Waals surface area contributed by atoms with Crippen LogP contribution in [0.2, 0.25) is 5.02 Å². The van der Waals surface area contributed by atoms with Gasteiger partial charge in [-0.25, -0.2) is 0 Å². The molecule has 1 unspecified atom stereocenters. The molecule has 0 aromatic heterocycles. The molecule has 2 nitrogen and oxygen atoms in total. The van der Waals surface area contributed by atoms with Crippen molar-refractivity contribution in [2.24, 2.45) is 11.7 Å².